The van der Waals surface area contributed by atoms with Crippen LogP contribution < -0.4 is 5.32 Å². The van der Waals surface area contributed by atoms with Crippen molar-refractivity contribution in [2.24, 2.45) is 0 Å². The van der Waals surface area contributed by atoms with Gasteiger partial charge in [0.05, 0.1) is 6.20 Å². The highest BCUT2D eigenvalue weighted by Crippen LogP contribution is 1.96. The third-order valence-electron chi connectivity index (χ3n) is 1.11. The Kier molecular flexibility index (Phi) is 2.52. The summed E-state index contributed by atoms with van der Waals surface area (Å²) in [5.74, 6) is -0.874. The first kappa shape index (κ1) is 8.38. The lowest BCUT2D eigenvalue weighted by atomic mass is 10.5. The maximum atomic E-state index is 10.4. The molecule has 0 atom stereocenters. The van der Waals surface area contributed by atoms with Crippen LogP contribution in [0.2, 0.25) is 0 Å². The van der Waals surface area contributed by atoms with Crippen LogP contribution in [-0.4, -0.2) is 32.8 Å². The largest absolute Gasteiger partial charge is 0.476 e. The van der Waals surface area contributed by atoms with Crippen LogP contribution in [0.4, 0.5) is 5.95 Å². The number of anilines is 1. The van der Waals surface area contributed by atoms with Gasteiger partial charge in [0.25, 0.3) is 0 Å². The molecule has 1 rings (SSSR count). The molecule has 0 radical (unpaired) electrons. The Hall–Kier alpha value is -1.72. The van der Waals surface area contributed by atoms with E-state index >= 15 is 0 Å². The van der Waals surface area contributed by atoms with E-state index in [1.807, 2.05) is 6.92 Å². The average molecular weight is 168 g/mol. The van der Waals surface area contributed by atoms with Crippen molar-refractivity contribution in [1.29, 1.82) is 0 Å². The minimum atomic E-state index is -1.11. The first-order chi connectivity index (χ1) is 5.74. The summed E-state index contributed by atoms with van der Waals surface area (Å²) in [4.78, 5) is 14.1. The number of rotatable bonds is 3. The molecular weight excluding hydrogens is 160 g/mol. The second-order valence-electron chi connectivity index (χ2n) is 2.00. The van der Waals surface area contributed by atoms with Gasteiger partial charge in [-0.2, -0.15) is 5.10 Å². The fraction of sp³-hybridized carbons (Fsp3) is 0.333. The third-order valence-corrected chi connectivity index (χ3v) is 1.11. The Labute approximate surface area is 68.7 Å². The smallest absolute Gasteiger partial charge is 0.356 e. The van der Waals surface area contributed by atoms with E-state index < -0.39 is 5.97 Å². The van der Waals surface area contributed by atoms with Crippen LogP contribution in [0.5, 0.6) is 0 Å². The van der Waals surface area contributed by atoms with E-state index in [2.05, 4.69) is 20.5 Å². The summed E-state index contributed by atoms with van der Waals surface area (Å²) in [5, 5.41) is 18.3. The van der Waals surface area contributed by atoms with Gasteiger partial charge in [0, 0.05) is 6.54 Å². The fourth-order valence-corrected chi connectivity index (χ4v) is 0.640. The highest BCUT2D eigenvalue weighted by molar-refractivity contribution is 5.85. The maximum Gasteiger partial charge on any atom is 0.356 e. The Morgan fingerprint density at radius 3 is 3.08 bits per heavy atom. The molecule has 0 unspecified atom stereocenters. The van der Waals surface area contributed by atoms with Crippen LogP contribution >= 0.6 is 0 Å². The highest BCUT2D eigenvalue weighted by Gasteiger charge is 2.05. The molecule has 0 aliphatic rings. The molecule has 12 heavy (non-hydrogen) atoms. The van der Waals surface area contributed by atoms with Crippen LogP contribution in [0.15, 0.2) is 6.20 Å². The number of carbonyl (C=O) groups is 1. The van der Waals surface area contributed by atoms with Gasteiger partial charge < -0.3 is 10.4 Å². The monoisotopic (exact) mass is 168 g/mol. The second kappa shape index (κ2) is 3.61. The van der Waals surface area contributed by atoms with Gasteiger partial charge in [-0.05, 0) is 6.92 Å². The number of carboxylic acids is 1. The van der Waals surface area contributed by atoms with Gasteiger partial charge in [-0.25, -0.2) is 9.78 Å². The maximum absolute atomic E-state index is 10.4. The van der Waals surface area contributed by atoms with Crippen molar-refractivity contribution in [2.75, 3.05) is 11.9 Å². The van der Waals surface area contributed by atoms with Crippen molar-refractivity contribution >= 4 is 11.9 Å². The van der Waals surface area contributed by atoms with Crippen molar-refractivity contribution in [2.45, 2.75) is 6.92 Å². The Bertz CT molecular complexity index is 289. The molecule has 0 aliphatic heterocycles. The SMILES string of the molecule is CCNc1nncc(C(=O)O)n1. The van der Waals surface area contributed by atoms with Gasteiger partial charge in [0.2, 0.25) is 5.95 Å². The van der Waals surface area contributed by atoms with Crippen molar-refractivity contribution < 1.29 is 9.90 Å². The van der Waals surface area contributed by atoms with Gasteiger partial charge in [-0.15, -0.1) is 5.10 Å². The lowest BCUT2D eigenvalue weighted by Crippen LogP contribution is -2.08. The summed E-state index contributed by atoms with van der Waals surface area (Å²) >= 11 is 0. The van der Waals surface area contributed by atoms with E-state index in [4.69, 9.17) is 5.11 Å². The number of aromatic nitrogens is 3. The molecule has 0 aliphatic carbocycles. The molecule has 0 spiro atoms. The zero-order valence-electron chi connectivity index (χ0n) is 6.48. The Balaban J connectivity index is 2.88. The fourth-order valence-electron chi connectivity index (χ4n) is 0.640. The standard InChI is InChI=1S/C6H8N4O2/c1-2-7-6-9-4(5(11)12)3-8-10-6/h3H,2H2,1H3,(H,11,12)(H,7,9,10). The normalized spacial score (nSPS) is 9.42. The quantitative estimate of drug-likeness (QED) is 0.660. The first-order valence-electron chi connectivity index (χ1n) is 3.41. The van der Waals surface area contributed by atoms with E-state index in [1.54, 1.807) is 0 Å². The molecule has 6 heteroatoms. The number of hydrogen-bond donors (Lipinski definition) is 2. The van der Waals surface area contributed by atoms with E-state index in [0.29, 0.717) is 6.54 Å². The highest BCUT2D eigenvalue weighted by atomic mass is 16.4. The van der Waals surface area contributed by atoms with E-state index in [-0.39, 0.29) is 11.6 Å². The van der Waals surface area contributed by atoms with Crippen molar-refractivity contribution in [3.8, 4) is 0 Å². The number of aromatic carboxylic acids is 1. The van der Waals surface area contributed by atoms with Crippen LogP contribution in [-0.2, 0) is 0 Å². The molecule has 0 amide bonds. The topological polar surface area (TPSA) is 88.0 Å². The van der Waals surface area contributed by atoms with Crippen molar-refractivity contribution in [3.05, 3.63) is 11.9 Å². The molecule has 1 heterocycles. The van der Waals surface area contributed by atoms with Gasteiger partial charge in [-0.3, -0.25) is 0 Å². The van der Waals surface area contributed by atoms with Crippen LogP contribution in [0, 0.1) is 0 Å². The van der Waals surface area contributed by atoms with E-state index in [9.17, 15) is 4.79 Å². The predicted molar refractivity (Wildman–Crippen MR) is 41.0 cm³/mol. The lowest BCUT2D eigenvalue weighted by Gasteiger charge is -1.98. The third kappa shape index (κ3) is 1.88. The lowest BCUT2D eigenvalue weighted by molar-refractivity contribution is 0.0689. The summed E-state index contributed by atoms with van der Waals surface area (Å²) in [6, 6.07) is 0. The summed E-state index contributed by atoms with van der Waals surface area (Å²) in [6.45, 7) is 2.49. The molecule has 0 fully saturated rings. The van der Waals surface area contributed by atoms with Gasteiger partial charge in [-0.1, -0.05) is 0 Å². The molecule has 0 aromatic carbocycles. The second-order valence-corrected chi connectivity index (χ2v) is 2.00. The summed E-state index contributed by atoms with van der Waals surface area (Å²) in [6.07, 6.45) is 1.10. The number of hydrogen-bond acceptors (Lipinski definition) is 5. The minimum absolute atomic E-state index is 0.110. The molecule has 2 N–H and O–H groups in total. The Morgan fingerprint density at radius 1 is 1.75 bits per heavy atom. The van der Waals surface area contributed by atoms with Crippen molar-refractivity contribution in [3.63, 3.8) is 0 Å². The van der Waals surface area contributed by atoms with Gasteiger partial charge in [0.15, 0.2) is 5.69 Å². The van der Waals surface area contributed by atoms with Crippen LogP contribution in [0.1, 0.15) is 17.4 Å². The van der Waals surface area contributed by atoms with Gasteiger partial charge >= 0.3 is 5.97 Å². The summed E-state index contributed by atoms with van der Waals surface area (Å²) in [5.41, 5.74) is -0.110. The predicted octanol–water partition coefficient (Wildman–Crippen LogP) is 0.00160. The number of nitrogens with one attached hydrogen (secondary N) is 1. The molecule has 0 saturated carbocycles. The molecular formula is C6H8N4O2. The molecule has 0 saturated heterocycles. The molecule has 0 bridgehead atoms. The first-order valence-corrected chi connectivity index (χ1v) is 3.41. The molecule has 1 aromatic rings. The zero-order valence-corrected chi connectivity index (χ0v) is 6.48. The van der Waals surface area contributed by atoms with Crippen LogP contribution in [0.3, 0.4) is 0 Å². The zero-order chi connectivity index (χ0) is 8.97. The van der Waals surface area contributed by atoms with Crippen molar-refractivity contribution in [1.82, 2.24) is 15.2 Å². The number of nitrogens with zero attached hydrogens (tertiary/aromatic N) is 3. The minimum Gasteiger partial charge on any atom is -0.476 e. The average Bonchev–Trinajstić information content (AvgIpc) is 2.05. The summed E-state index contributed by atoms with van der Waals surface area (Å²) in [7, 11) is 0. The molecule has 1 aromatic heterocycles. The molecule has 6 nitrogen and oxygen atoms in total. The Morgan fingerprint density at radius 2 is 2.50 bits per heavy atom. The molecule has 64 valence electrons. The van der Waals surface area contributed by atoms with E-state index in [0.717, 1.165) is 6.20 Å². The van der Waals surface area contributed by atoms with E-state index in [1.165, 1.54) is 0 Å². The van der Waals surface area contributed by atoms with Crippen LogP contribution in [0.25, 0.3) is 0 Å². The van der Waals surface area contributed by atoms with Gasteiger partial charge in [0.1, 0.15) is 0 Å². The number of carboxylic acid groups (broad SMARTS) is 1. The summed E-state index contributed by atoms with van der Waals surface area (Å²) < 4.78 is 0.